The molecule has 35 heavy (non-hydrogen) atoms. The lowest BCUT2D eigenvalue weighted by molar-refractivity contribution is 0.584. The first-order valence-corrected chi connectivity index (χ1v) is 13.5. The summed E-state index contributed by atoms with van der Waals surface area (Å²) in [6.45, 7) is 0. The topological polar surface area (TPSA) is 22.0 Å². The van der Waals surface area contributed by atoms with E-state index < -0.39 is 7.29 Å². The molecule has 2 nitrogen and oxygen atoms in total. The Labute approximate surface area is 203 Å². The van der Waals surface area contributed by atoms with Gasteiger partial charge in [-0.2, -0.15) is 0 Å². The summed E-state index contributed by atoms with van der Waals surface area (Å²) in [5.74, 6) is 0. The minimum absolute atomic E-state index is 0.860. The first-order valence-electron chi connectivity index (χ1n) is 11.8. The number of benzene rings is 6. The highest BCUT2D eigenvalue weighted by atomic mass is 31.2. The number of nitrogens with zero attached hydrogens (tertiary/aromatic N) is 1. The van der Waals surface area contributed by atoms with E-state index in [1.54, 1.807) is 0 Å². The van der Waals surface area contributed by atoms with Gasteiger partial charge in [-0.15, -0.1) is 0 Å². The van der Waals surface area contributed by atoms with Crippen molar-refractivity contribution >= 4 is 61.3 Å². The second kappa shape index (κ2) is 7.70. The molecule has 0 fully saturated rings. The Balaban J connectivity index is 1.74. The lowest BCUT2D eigenvalue weighted by Gasteiger charge is -2.26. The van der Waals surface area contributed by atoms with Gasteiger partial charge in [-0.25, -0.2) is 0 Å². The predicted molar refractivity (Wildman–Crippen MR) is 150 cm³/mol. The Hall–Kier alpha value is -4.13. The van der Waals surface area contributed by atoms with Crippen LogP contribution in [0.4, 0.5) is 0 Å². The highest BCUT2D eigenvalue weighted by molar-refractivity contribution is 7.78. The smallest absolute Gasteiger partial charge is 0.235 e. The number of aromatic nitrogens is 1. The van der Waals surface area contributed by atoms with E-state index in [2.05, 4.69) is 89.3 Å². The molecule has 0 saturated heterocycles. The van der Waals surface area contributed by atoms with Gasteiger partial charge in [0.15, 0.2) is 0 Å². The van der Waals surface area contributed by atoms with Crippen LogP contribution in [0.5, 0.6) is 0 Å². The van der Waals surface area contributed by atoms with Crippen LogP contribution < -0.4 is 10.6 Å². The number of rotatable bonds is 3. The predicted octanol–water partition coefficient (Wildman–Crippen LogP) is 7.88. The SMILES string of the molecule is O=P(c1cccc2ccccc12)(c1cccc2ccccc12)n1c2ccccc2c2ccccc21. The van der Waals surface area contributed by atoms with E-state index in [9.17, 15) is 0 Å². The molecule has 0 atom stereocenters. The second-order valence-corrected chi connectivity index (χ2v) is 11.4. The van der Waals surface area contributed by atoms with Crippen molar-refractivity contribution in [2.75, 3.05) is 0 Å². The number of hydrogen-bond acceptors (Lipinski definition) is 1. The lowest BCUT2D eigenvalue weighted by atomic mass is 10.1. The molecule has 0 unspecified atom stereocenters. The molecule has 0 bridgehead atoms. The highest BCUT2D eigenvalue weighted by Crippen LogP contribution is 2.53. The third kappa shape index (κ3) is 2.87. The van der Waals surface area contributed by atoms with Crippen LogP contribution in [0.2, 0.25) is 0 Å². The van der Waals surface area contributed by atoms with Gasteiger partial charge >= 0.3 is 0 Å². The monoisotopic (exact) mass is 467 g/mol. The Kier molecular flexibility index (Phi) is 4.46. The zero-order valence-electron chi connectivity index (χ0n) is 19.0. The summed E-state index contributed by atoms with van der Waals surface area (Å²) in [7, 11) is -3.39. The first-order chi connectivity index (χ1) is 17.3. The standard InChI is InChI=1S/C32H22NOP/c34-35(31-21-9-13-23-11-1-3-15-25(23)31,32-22-10-14-24-12-2-4-16-26(24)32)33-29-19-7-5-17-27(29)28-18-6-8-20-30(28)33/h1-22H. The molecular formula is C32H22NOP. The van der Waals surface area contributed by atoms with E-state index >= 15 is 4.57 Å². The van der Waals surface area contributed by atoms with Gasteiger partial charge in [0, 0.05) is 21.4 Å². The van der Waals surface area contributed by atoms with Crippen molar-refractivity contribution in [2.45, 2.75) is 0 Å². The van der Waals surface area contributed by atoms with Gasteiger partial charge in [0.25, 0.3) is 0 Å². The molecule has 166 valence electrons. The molecule has 0 aliphatic rings. The third-order valence-electron chi connectivity index (χ3n) is 7.02. The van der Waals surface area contributed by atoms with E-state index in [0.29, 0.717) is 0 Å². The van der Waals surface area contributed by atoms with E-state index in [-0.39, 0.29) is 0 Å². The molecule has 3 heteroatoms. The molecule has 7 aromatic rings. The van der Waals surface area contributed by atoms with Crippen molar-refractivity contribution in [1.82, 2.24) is 4.34 Å². The zero-order valence-corrected chi connectivity index (χ0v) is 19.9. The molecule has 0 radical (unpaired) electrons. The molecule has 1 heterocycles. The summed E-state index contributed by atoms with van der Waals surface area (Å²) in [4.78, 5) is 0. The second-order valence-electron chi connectivity index (χ2n) is 8.92. The summed E-state index contributed by atoms with van der Waals surface area (Å²) in [6, 6.07) is 45.5. The zero-order chi connectivity index (χ0) is 23.4. The van der Waals surface area contributed by atoms with Gasteiger partial charge in [0.05, 0.1) is 11.0 Å². The number of hydrogen-bond donors (Lipinski definition) is 0. The van der Waals surface area contributed by atoms with Crippen LogP contribution in [-0.4, -0.2) is 4.34 Å². The van der Waals surface area contributed by atoms with Crippen LogP contribution in [0.25, 0.3) is 43.4 Å². The maximum atomic E-state index is 16.1. The first kappa shape index (κ1) is 20.3. The van der Waals surface area contributed by atoms with Crippen LogP contribution in [-0.2, 0) is 4.57 Å². The minimum Gasteiger partial charge on any atom is -0.289 e. The van der Waals surface area contributed by atoms with Crippen LogP contribution in [0.1, 0.15) is 0 Å². The molecule has 0 N–H and O–H groups in total. The van der Waals surface area contributed by atoms with E-state index in [4.69, 9.17) is 0 Å². The maximum absolute atomic E-state index is 16.1. The van der Waals surface area contributed by atoms with Crippen LogP contribution in [0.15, 0.2) is 133 Å². The molecule has 0 amide bonds. The van der Waals surface area contributed by atoms with Crippen molar-refractivity contribution in [1.29, 1.82) is 0 Å². The minimum atomic E-state index is -3.39. The summed E-state index contributed by atoms with van der Waals surface area (Å²) in [6.07, 6.45) is 0. The summed E-state index contributed by atoms with van der Waals surface area (Å²) < 4.78 is 18.2. The molecule has 7 rings (SSSR count). The summed E-state index contributed by atoms with van der Waals surface area (Å²) in [5, 5.41) is 8.17. The average molecular weight is 468 g/mol. The van der Waals surface area contributed by atoms with Gasteiger partial charge in [-0.1, -0.05) is 109 Å². The van der Waals surface area contributed by atoms with Gasteiger partial charge in [-0.3, -0.25) is 8.90 Å². The molecule has 0 spiro atoms. The normalized spacial score (nSPS) is 12.1. The fourth-order valence-corrected chi connectivity index (χ4v) is 8.78. The lowest BCUT2D eigenvalue weighted by Crippen LogP contribution is -2.23. The Morgan fingerprint density at radius 1 is 0.400 bits per heavy atom. The molecule has 1 aromatic heterocycles. The van der Waals surface area contributed by atoms with Crippen molar-refractivity contribution < 1.29 is 4.57 Å². The summed E-state index contributed by atoms with van der Waals surface area (Å²) in [5.41, 5.74) is 1.97. The van der Waals surface area contributed by atoms with E-state index in [1.165, 1.54) is 0 Å². The Morgan fingerprint density at radius 3 is 1.26 bits per heavy atom. The molecule has 0 aliphatic heterocycles. The fraction of sp³-hybridized carbons (Fsp3) is 0. The van der Waals surface area contributed by atoms with Crippen LogP contribution in [0.3, 0.4) is 0 Å². The van der Waals surface area contributed by atoms with Crippen LogP contribution in [0, 0.1) is 0 Å². The number of para-hydroxylation sites is 2. The Morgan fingerprint density at radius 2 is 0.771 bits per heavy atom. The fourth-order valence-electron chi connectivity index (χ4n) is 5.50. The van der Waals surface area contributed by atoms with Crippen molar-refractivity contribution in [2.24, 2.45) is 0 Å². The van der Waals surface area contributed by atoms with Gasteiger partial charge in [-0.05, 0) is 45.8 Å². The van der Waals surface area contributed by atoms with Crippen LogP contribution >= 0.6 is 7.29 Å². The van der Waals surface area contributed by atoms with Crippen molar-refractivity contribution in [3.63, 3.8) is 0 Å². The van der Waals surface area contributed by atoms with Crippen molar-refractivity contribution in [3.8, 4) is 0 Å². The van der Waals surface area contributed by atoms with E-state index in [1.807, 2.05) is 48.5 Å². The molecule has 6 aromatic carbocycles. The van der Waals surface area contributed by atoms with Gasteiger partial charge in [0.1, 0.15) is 0 Å². The Bertz CT molecular complexity index is 1800. The molecule has 0 saturated carbocycles. The van der Waals surface area contributed by atoms with Gasteiger partial charge < -0.3 is 0 Å². The number of fused-ring (bicyclic) bond motifs is 5. The quantitative estimate of drug-likeness (QED) is 0.242. The average Bonchev–Trinajstić information content (AvgIpc) is 3.27. The highest BCUT2D eigenvalue weighted by Gasteiger charge is 2.35. The third-order valence-corrected chi connectivity index (χ3v) is 10.1. The van der Waals surface area contributed by atoms with Gasteiger partial charge in [0.2, 0.25) is 7.29 Å². The largest absolute Gasteiger partial charge is 0.289 e. The maximum Gasteiger partial charge on any atom is 0.235 e. The summed E-state index contributed by atoms with van der Waals surface area (Å²) >= 11 is 0. The van der Waals surface area contributed by atoms with E-state index in [0.717, 1.165) is 54.0 Å². The van der Waals surface area contributed by atoms with Crippen molar-refractivity contribution in [3.05, 3.63) is 133 Å². The molecular weight excluding hydrogens is 445 g/mol. The molecule has 0 aliphatic carbocycles.